The molecule has 1 heterocycles. The molecule has 0 atom stereocenters. The molecule has 0 fully saturated rings. The summed E-state index contributed by atoms with van der Waals surface area (Å²) in [6, 6.07) is 4.47. The molecule has 2 aromatic rings. The Balaban J connectivity index is 2.32. The van der Waals surface area contributed by atoms with Crippen molar-refractivity contribution >= 4 is 23.2 Å². The normalized spacial score (nSPS) is 11.4. The standard InChI is InChI=1S/C11H5Cl2F3N2O/c12-8-2-1-6(3-7(8)11(14,15)16)19-10-4-9(13)17-5-18-10/h1-5H. The molecule has 0 N–H and O–H groups in total. The van der Waals surface area contributed by atoms with Crippen molar-refractivity contribution in [3.8, 4) is 11.6 Å². The first-order valence-corrected chi connectivity index (χ1v) is 5.64. The number of benzene rings is 1. The highest BCUT2D eigenvalue weighted by molar-refractivity contribution is 6.31. The number of hydrogen-bond acceptors (Lipinski definition) is 3. The largest absolute Gasteiger partial charge is 0.439 e. The maximum Gasteiger partial charge on any atom is 0.417 e. The topological polar surface area (TPSA) is 35.0 Å². The molecule has 0 radical (unpaired) electrons. The van der Waals surface area contributed by atoms with Crippen LogP contribution in [0.25, 0.3) is 0 Å². The molecule has 0 aliphatic carbocycles. The van der Waals surface area contributed by atoms with Gasteiger partial charge in [0.05, 0.1) is 10.6 Å². The molecule has 0 saturated heterocycles. The van der Waals surface area contributed by atoms with Crippen LogP contribution in [0.1, 0.15) is 5.56 Å². The zero-order chi connectivity index (χ0) is 14.0. The summed E-state index contributed by atoms with van der Waals surface area (Å²) < 4.78 is 43.1. The fourth-order valence-electron chi connectivity index (χ4n) is 1.28. The molecule has 0 unspecified atom stereocenters. The number of aromatic nitrogens is 2. The van der Waals surface area contributed by atoms with Gasteiger partial charge in [-0.3, -0.25) is 0 Å². The summed E-state index contributed by atoms with van der Waals surface area (Å²) in [7, 11) is 0. The van der Waals surface area contributed by atoms with Crippen LogP contribution in [0.3, 0.4) is 0 Å². The molecule has 1 aromatic heterocycles. The maximum atomic E-state index is 12.6. The van der Waals surface area contributed by atoms with Gasteiger partial charge in [0.15, 0.2) is 0 Å². The number of alkyl halides is 3. The smallest absolute Gasteiger partial charge is 0.417 e. The Morgan fingerprint density at radius 3 is 2.42 bits per heavy atom. The third-order valence-electron chi connectivity index (χ3n) is 2.07. The van der Waals surface area contributed by atoms with Gasteiger partial charge in [0, 0.05) is 6.07 Å². The first kappa shape index (κ1) is 13.9. The first-order valence-electron chi connectivity index (χ1n) is 4.88. The predicted octanol–water partition coefficient (Wildman–Crippen LogP) is 4.59. The first-order chi connectivity index (χ1) is 8.86. The van der Waals surface area contributed by atoms with E-state index in [9.17, 15) is 13.2 Å². The zero-order valence-electron chi connectivity index (χ0n) is 9.08. The second-order valence-corrected chi connectivity index (χ2v) is 4.21. The minimum atomic E-state index is -4.56. The van der Waals surface area contributed by atoms with E-state index in [1.54, 1.807) is 0 Å². The number of nitrogens with zero attached hydrogens (tertiary/aromatic N) is 2. The molecule has 0 aliphatic rings. The van der Waals surface area contributed by atoms with Crippen molar-refractivity contribution in [2.75, 3.05) is 0 Å². The fourth-order valence-corrected chi connectivity index (χ4v) is 1.64. The molecule has 1 aromatic carbocycles. The van der Waals surface area contributed by atoms with Crippen LogP contribution < -0.4 is 4.74 Å². The van der Waals surface area contributed by atoms with Gasteiger partial charge < -0.3 is 4.74 Å². The SMILES string of the molecule is FC(F)(F)c1cc(Oc2cc(Cl)ncn2)ccc1Cl. The third-order valence-corrected chi connectivity index (χ3v) is 2.61. The quantitative estimate of drug-likeness (QED) is 0.761. The Morgan fingerprint density at radius 2 is 1.79 bits per heavy atom. The molecular formula is C11H5Cl2F3N2O. The minimum Gasteiger partial charge on any atom is -0.439 e. The van der Waals surface area contributed by atoms with Crippen molar-refractivity contribution in [2.45, 2.75) is 6.18 Å². The van der Waals surface area contributed by atoms with E-state index in [4.69, 9.17) is 27.9 Å². The van der Waals surface area contributed by atoms with Crippen molar-refractivity contribution in [1.29, 1.82) is 0 Å². The Kier molecular flexibility index (Phi) is 3.82. The van der Waals surface area contributed by atoms with E-state index in [-0.39, 0.29) is 16.8 Å². The maximum absolute atomic E-state index is 12.6. The lowest BCUT2D eigenvalue weighted by Crippen LogP contribution is -2.06. The van der Waals surface area contributed by atoms with Gasteiger partial charge in [-0.15, -0.1) is 0 Å². The second kappa shape index (κ2) is 5.22. The van der Waals surface area contributed by atoms with Crippen LogP contribution in [0.5, 0.6) is 11.6 Å². The summed E-state index contributed by atoms with van der Waals surface area (Å²) in [5.74, 6) is -0.0121. The Hall–Kier alpha value is -1.53. The molecule has 2 rings (SSSR count). The number of ether oxygens (including phenoxy) is 1. The van der Waals surface area contributed by atoms with Crippen molar-refractivity contribution < 1.29 is 17.9 Å². The van der Waals surface area contributed by atoms with E-state index in [1.165, 1.54) is 12.1 Å². The highest BCUT2D eigenvalue weighted by Gasteiger charge is 2.33. The van der Waals surface area contributed by atoms with Crippen LogP contribution in [0, 0.1) is 0 Å². The van der Waals surface area contributed by atoms with Crippen molar-refractivity contribution in [3.05, 3.63) is 46.3 Å². The molecule has 0 aliphatic heterocycles. The van der Waals surface area contributed by atoms with Crippen LogP contribution >= 0.6 is 23.2 Å². The monoisotopic (exact) mass is 308 g/mol. The van der Waals surface area contributed by atoms with Gasteiger partial charge in [0.1, 0.15) is 17.2 Å². The van der Waals surface area contributed by atoms with Gasteiger partial charge >= 0.3 is 6.18 Å². The van der Waals surface area contributed by atoms with Gasteiger partial charge in [-0.25, -0.2) is 9.97 Å². The van der Waals surface area contributed by atoms with Gasteiger partial charge in [0.25, 0.3) is 0 Å². The molecular weight excluding hydrogens is 304 g/mol. The van der Waals surface area contributed by atoms with Crippen LogP contribution in [0.15, 0.2) is 30.6 Å². The second-order valence-electron chi connectivity index (χ2n) is 3.42. The summed E-state index contributed by atoms with van der Waals surface area (Å²) in [5.41, 5.74) is -0.980. The van der Waals surface area contributed by atoms with E-state index in [0.29, 0.717) is 0 Å². The predicted molar refractivity (Wildman–Crippen MR) is 63.6 cm³/mol. The Bertz CT molecular complexity index is 605. The lowest BCUT2D eigenvalue weighted by Gasteiger charge is -2.11. The number of hydrogen-bond donors (Lipinski definition) is 0. The lowest BCUT2D eigenvalue weighted by molar-refractivity contribution is -0.137. The molecule has 0 bridgehead atoms. The van der Waals surface area contributed by atoms with Crippen LogP contribution in [0.4, 0.5) is 13.2 Å². The van der Waals surface area contributed by atoms with Gasteiger partial charge in [-0.05, 0) is 18.2 Å². The summed E-state index contributed by atoms with van der Waals surface area (Å²) in [5, 5.41) is -0.282. The van der Waals surface area contributed by atoms with Crippen molar-refractivity contribution in [3.63, 3.8) is 0 Å². The highest BCUT2D eigenvalue weighted by Crippen LogP contribution is 2.37. The number of halogens is 5. The Labute approximate surface area is 116 Å². The summed E-state index contributed by atoms with van der Waals surface area (Å²) in [6.45, 7) is 0. The van der Waals surface area contributed by atoms with Crippen LogP contribution in [-0.2, 0) is 6.18 Å². The van der Waals surface area contributed by atoms with Gasteiger partial charge in [-0.2, -0.15) is 13.2 Å². The third kappa shape index (κ3) is 3.48. The van der Waals surface area contributed by atoms with E-state index in [1.807, 2.05) is 0 Å². The zero-order valence-corrected chi connectivity index (χ0v) is 10.6. The molecule has 19 heavy (non-hydrogen) atoms. The van der Waals surface area contributed by atoms with Gasteiger partial charge in [-0.1, -0.05) is 23.2 Å². The van der Waals surface area contributed by atoms with Crippen molar-refractivity contribution in [1.82, 2.24) is 9.97 Å². The lowest BCUT2D eigenvalue weighted by atomic mass is 10.2. The van der Waals surface area contributed by atoms with E-state index in [2.05, 4.69) is 9.97 Å². The fraction of sp³-hybridized carbons (Fsp3) is 0.0909. The summed E-state index contributed by atoms with van der Waals surface area (Å²) in [4.78, 5) is 7.34. The molecule has 0 amide bonds. The molecule has 3 nitrogen and oxygen atoms in total. The molecule has 0 saturated carbocycles. The van der Waals surface area contributed by atoms with E-state index >= 15 is 0 Å². The summed E-state index contributed by atoms with van der Waals surface area (Å²) >= 11 is 11.1. The number of rotatable bonds is 2. The minimum absolute atomic E-state index is 0.0375. The molecule has 0 spiro atoms. The average Bonchev–Trinajstić information content (AvgIpc) is 2.30. The van der Waals surface area contributed by atoms with E-state index in [0.717, 1.165) is 18.5 Å². The van der Waals surface area contributed by atoms with E-state index < -0.39 is 16.8 Å². The van der Waals surface area contributed by atoms with Crippen LogP contribution in [-0.4, -0.2) is 9.97 Å². The van der Waals surface area contributed by atoms with Gasteiger partial charge in [0.2, 0.25) is 5.88 Å². The van der Waals surface area contributed by atoms with Crippen molar-refractivity contribution in [2.24, 2.45) is 0 Å². The average molecular weight is 309 g/mol. The highest BCUT2D eigenvalue weighted by atomic mass is 35.5. The summed E-state index contributed by atoms with van der Waals surface area (Å²) in [6.07, 6.45) is -3.42. The Morgan fingerprint density at radius 1 is 1.05 bits per heavy atom. The van der Waals surface area contributed by atoms with Crippen LogP contribution in [0.2, 0.25) is 10.2 Å². The molecule has 100 valence electrons. The molecule has 8 heteroatoms.